The van der Waals surface area contributed by atoms with Gasteiger partial charge in [0.2, 0.25) is 17.8 Å². The summed E-state index contributed by atoms with van der Waals surface area (Å²) in [4.78, 5) is 0. The summed E-state index contributed by atoms with van der Waals surface area (Å²) in [5.41, 5.74) is 1.97. The molecule has 4 atom stereocenters. The third kappa shape index (κ3) is 30.5. The van der Waals surface area contributed by atoms with Gasteiger partial charge in [0.25, 0.3) is 5.92 Å². The van der Waals surface area contributed by atoms with Crippen molar-refractivity contribution >= 4 is 0 Å². The molecule has 85 heavy (non-hydrogen) atoms. The van der Waals surface area contributed by atoms with Crippen molar-refractivity contribution in [2.45, 2.75) is 376 Å². The molecule has 0 aliphatic heterocycles. The lowest BCUT2D eigenvalue weighted by atomic mass is 9.66. The van der Waals surface area contributed by atoms with Gasteiger partial charge >= 0.3 is 0 Å². The number of hydrogen-bond donors (Lipinski definition) is 0. The van der Waals surface area contributed by atoms with Crippen LogP contribution in [0.15, 0.2) is 0 Å². The normalized spacial score (nSPS) is 31.2. The maximum Gasteiger partial charge on any atom is 0.251 e. The molecule has 9 rings (SSSR count). The number of rotatable bonds is 0. The molecule has 9 aliphatic rings. The summed E-state index contributed by atoms with van der Waals surface area (Å²) in [6, 6.07) is 0. The second-order valence-corrected chi connectivity index (χ2v) is 37.8. The van der Waals surface area contributed by atoms with E-state index >= 15 is 0 Å². The Hall–Kier alpha value is -0.700. The Morgan fingerprint density at radius 1 is 0.247 bits per heavy atom. The topological polar surface area (TPSA) is 0 Å². The first kappa shape index (κ1) is 80.4. The van der Waals surface area contributed by atoms with Crippen LogP contribution in [0, 0.1) is 102 Å². The highest BCUT2D eigenvalue weighted by Gasteiger charge is 2.51. The van der Waals surface area contributed by atoms with Crippen molar-refractivity contribution in [3.63, 3.8) is 0 Å². The Morgan fingerprint density at radius 2 is 0.576 bits per heavy atom. The minimum Gasteiger partial charge on any atom is -0.247 e. The second-order valence-electron chi connectivity index (χ2n) is 37.8. The van der Waals surface area contributed by atoms with Gasteiger partial charge < -0.3 is 0 Å². The van der Waals surface area contributed by atoms with Crippen molar-refractivity contribution in [3.05, 3.63) is 0 Å². The summed E-state index contributed by atoms with van der Waals surface area (Å²) >= 11 is 0. The third-order valence-corrected chi connectivity index (χ3v) is 22.2. The zero-order valence-electron chi connectivity index (χ0n) is 59.8. The molecular formula is C75H138F10. The molecule has 508 valence electrons. The Kier molecular flexibility index (Phi) is 29.6. The van der Waals surface area contributed by atoms with E-state index in [1.165, 1.54) is 44.9 Å². The lowest BCUT2D eigenvalue weighted by Gasteiger charge is -2.43. The first-order valence-electron chi connectivity index (χ1n) is 34.7. The van der Waals surface area contributed by atoms with Crippen LogP contribution in [0.3, 0.4) is 0 Å². The molecule has 0 saturated heterocycles. The van der Waals surface area contributed by atoms with Crippen LogP contribution in [-0.2, 0) is 0 Å². The van der Waals surface area contributed by atoms with E-state index < -0.39 is 42.0 Å². The lowest BCUT2D eigenvalue weighted by molar-refractivity contribution is -0.138. The van der Waals surface area contributed by atoms with Gasteiger partial charge in [0.15, 0.2) is 0 Å². The molecule has 0 nitrogen and oxygen atoms in total. The number of alkyl halides is 10. The predicted molar refractivity (Wildman–Crippen MR) is 345 cm³/mol. The van der Waals surface area contributed by atoms with Gasteiger partial charge in [0.05, 0.1) is 0 Å². The van der Waals surface area contributed by atoms with E-state index in [4.69, 9.17) is 0 Å². The summed E-state index contributed by atoms with van der Waals surface area (Å²) < 4.78 is 127. The van der Waals surface area contributed by atoms with Crippen LogP contribution < -0.4 is 0 Å². The van der Waals surface area contributed by atoms with E-state index in [0.717, 1.165) is 74.5 Å². The minimum atomic E-state index is -2.42. The maximum atomic E-state index is 13.4. The number of hydrogen-bond acceptors (Lipinski definition) is 0. The molecule has 9 saturated carbocycles. The molecule has 9 fully saturated rings. The van der Waals surface area contributed by atoms with E-state index in [-0.39, 0.29) is 78.4 Å². The van der Waals surface area contributed by atoms with Crippen LogP contribution in [0.2, 0.25) is 0 Å². The van der Waals surface area contributed by atoms with Crippen LogP contribution in [0.5, 0.6) is 0 Å². The molecule has 0 radical (unpaired) electrons. The Morgan fingerprint density at radius 3 is 0.835 bits per heavy atom. The Bertz CT molecular complexity index is 1800. The molecule has 0 spiro atoms. The van der Waals surface area contributed by atoms with Gasteiger partial charge in [-0.2, -0.15) is 0 Å². The van der Waals surface area contributed by atoms with Crippen molar-refractivity contribution in [1.29, 1.82) is 0 Å². The van der Waals surface area contributed by atoms with Crippen LogP contribution in [-0.4, -0.2) is 36.0 Å². The van der Waals surface area contributed by atoms with Gasteiger partial charge in [0, 0.05) is 50.9 Å². The third-order valence-electron chi connectivity index (χ3n) is 22.2. The summed E-state index contributed by atoms with van der Waals surface area (Å²) in [6.07, 6.45) is 21.4. The molecular weight excluding hydrogens is 1090 g/mol. The molecule has 4 unspecified atom stereocenters. The second kappa shape index (κ2) is 31.3. The predicted octanol–water partition coefficient (Wildman–Crippen LogP) is 27.3. The zero-order valence-corrected chi connectivity index (χ0v) is 59.8. The Labute approximate surface area is 519 Å². The average molecular weight is 1230 g/mol. The first-order chi connectivity index (χ1) is 38.0. The smallest absolute Gasteiger partial charge is 0.247 e. The fourth-order valence-corrected chi connectivity index (χ4v) is 14.6. The molecule has 0 heterocycles. The van der Waals surface area contributed by atoms with E-state index in [9.17, 15) is 43.9 Å². The molecule has 0 aromatic carbocycles. The van der Waals surface area contributed by atoms with Gasteiger partial charge in [-0.25, -0.2) is 43.9 Å². The number of halogens is 10. The highest BCUT2D eigenvalue weighted by atomic mass is 19.3. The van der Waals surface area contributed by atoms with E-state index in [1.54, 1.807) is 6.42 Å². The van der Waals surface area contributed by atoms with Gasteiger partial charge in [-0.05, 0) is 199 Å². The molecule has 10 heteroatoms. The molecule has 0 bridgehead atoms. The summed E-state index contributed by atoms with van der Waals surface area (Å²) in [5, 5.41) is 0. The largest absolute Gasteiger partial charge is 0.251 e. The van der Waals surface area contributed by atoms with Gasteiger partial charge in [-0.1, -0.05) is 192 Å². The Balaban J connectivity index is 0.000000332. The fourth-order valence-electron chi connectivity index (χ4n) is 14.6. The quantitative estimate of drug-likeness (QED) is 0.212. The number of fused-ring (bicyclic) bond motifs is 1. The molecule has 0 N–H and O–H groups in total. The average Bonchev–Trinajstić information content (AvgIpc) is 3.70. The molecule has 0 aromatic rings. The maximum absolute atomic E-state index is 13.4. The van der Waals surface area contributed by atoms with E-state index in [0.29, 0.717) is 65.6 Å². The van der Waals surface area contributed by atoms with E-state index in [2.05, 4.69) is 104 Å². The zero-order chi connectivity index (χ0) is 66.0. The van der Waals surface area contributed by atoms with Crippen LogP contribution in [0.25, 0.3) is 0 Å². The van der Waals surface area contributed by atoms with Crippen molar-refractivity contribution in [3.8, 4) is 0 Å². The molecule has 0 aromatic heterocycles. The standard InChI is InChI=1S/2C10H18F2.C10H19F.C10H18.C10H20.C9H16F2.C8H14F2.C8H15F/c1-9(2,3)8-4-6-10(11,12)7-5-8;1-9(2,3)8-6-4-5-7-10(8,11)12;1-10(2,3)8-4-6-9(11)7-5-8;1-10(2,3)9-5-7-4-8(7)6-9;1-10(2,3)9-7-5-4-6-8-9;1-8(2,3)7-4-5-9(10,11)6-7;1-7(2,3)6-4-8(9,10)5-6;1-8(2,3)6-4-7(9)5-6/h2*8H,4-7H2,1-3H3;8-9H,4-7H2,1-3H3;7-9H,4-6H2,1-3H3;9H,4-8H2,1-3H3;7H,4-6H2,1-3H3;6H,4-5H2,1-3H3;6-7H,4-5H2,1-3H3. The van der Waals surface area contributed by atoms with E-state index in [1.807, 2.05) is 62.3 Å². The van der Waals surface area contributed by atoms with Crippen LogP contribution >= 0.6 is 0 Å². The van der Waals surface area contributed by atoms with Gasteiger partial charge in [0.1, 0.15) is 12.3 Å². The minimum absolute atomic E-state index is 0.0555. The van der Waals surface area contributed by atoms with Crippen molar-refractivity contribution in [1.82, 2.24) is 0 Å². The van der Waals surface area contributed by atoms with Crippen molar-refractivity contribution in [2.75, 3.05) is 0 Å². The lowest BCUT2D eigenvalue weighted by Crippen LogP contribution is -2.42. The fraction of sp³-hybridized carbons (Fsp3) is 1.00. The van der Waals surface area contributed by atoms with Crippen molar-refractivity contribution in [2.24, 2.45) is 102 Å². The summed E-state index contributed by atoms with van der Waals surface area (Å²) in [6.45, 7) is 52.0. The van der Waals surface area contributed by atoms with Gasteiger partial charge in [-0.3, -0.25) is 0 Å². The van der Waals surface area contributed by atoms with Gasteiger partial charge in [-0.15, -0.1) is 0 Å². The monoisotopic (exact) mass is 1230 g/mol. The first-order valence-corrected chi connectivity index (χ1v) is 34.7. The highest BCUT2D eigenvalue weighted by molar-refractivity contribution is 4.99. The van der Waals surface area contributed by atoms with Crippen LogP contribution in [0.1, 0.15) is 340 Å². The summed E-state index contributed by atoms with van der Waals surface area (Å²) in [7, 11) is 0. The highest BCUT2D eigenvalue weighted by Crippen LogP contribution is 2.58. The molecule has 9 aliphatic carbocycles. The van der Waals surface area contributed by atoms with Crippen molar-refractivity contribution < 1.29 is 43.9 Å². The SMILES string of the molecule is CC(C)(C)C1CC(F)(F)C1.CC(C)(C)C1CC(F)C1.CC(C)(C)C1CC2CC2C1.CC(C)(C)C1CCC(F)(F)C1.CC(C)(C)C1CCC(F)(F)CC1.CC(C)(C)C1CCC(F)CC1.CC(C)(C)C1CCCCC1.CC(C)(C)C1CCCCC1(F)F. The molecule has 0 amide bonds. The summed E-state index contributed by atoms with van der Waals surface area (Å²) in [5.74, 6) is -3.29. The van der Waals surface area contributed by atoms with Crippen LogP contribution in [0.4, 0.5) is 43.9 Å².